The summed E-state index contributed by atoms with van der Waals surface area (Å²) in [5, 5.41) is 6.29. The highest BCUT2D eigenvalue weighted by molar-refractivity contribution is 9.10. The molecule has 1 rings (SSSR count). The topological polar surface area (TPSA) is 45.7 Å². The number of guanidine groups is 1. The number of halogens is 1. The Balaban J connectivity index is 2.33. The Morgan fingerprint density at radius 3 is 2.74 bits per heavy atom. The third kappa shape index (κ3) is 6.86. The zero-order valence-electron chi connectivity index (χ0n) is 11.2. The number of hydrogen-bond acceptors (Lipinski definition) is 2. The van der Waals surface area contributed by atoms with Crippen LogP contribution in [0, 0.1) is 0 Å². The molecule has 0 aromatic heterocycles. The molecule has 19 heavy (non-hydrogen) atoms. The minimum Gasteiger partial charge on any atom is -0.492 e. The molecule has 0 radical (unpaired) electrons. The Morgan fingerprint density at radius 2 is 2.11 bits per heavy atom. The van der Waals surface area contributed by atoms with Crippen molar-refractivity contribution in [3.63, 3.8) is 0 Å². The molecule has 0 bridgehead atoms. The van der Waals surface area contributed by atoms with Crippen molar-refractivity contribution in [2.24, 2.45) is 4.99 Å². The second-order valence-electron chi connectivity index (χ2n) is 3.73. The molecule has 0 saturated carbocycles. The number of nitrogens with zero attached hydrogens (tertiary/aromatic N) is 1. The van der Waals surface area contributed by atoms with Crippen LogP contribution in [0.4, 0.5) is 0 Å². The van der Waals surface area contributed by atoms with Crippen LogP contribution < -0.4 is 15.4 Å². The third-order valence-corrected chi connectivity index (χ3v) is 2.73. The zero-order valence-corrected chi connectivity index (χ0v) is 12.7. The van der Waals surface area contributed by atoms with Gasteiger partial charge in [0.25, 0.3) is 0 Å². The zero-order chi connectivity index (χ0) is 13.9. The molecule has 1 aromatic rings. The lowest BCUT2D eigenvalue weighted by Gasteiger charge is -2.09. The monoisotopic (exact) mass is 325 g/mol. The van der Waals surface area contributed by atoms with E-state index in [-0.39, 0.29) is 0 Å². The molecule has 0 aliphatic rings. The quantitative estimate of drug-likeness (QED) is 0.350. The Hall–Kier alpha value is -1.49. The summed E-state index contributed by atoms with van der Waals surface area (Å²) < 4.78 is 6.63. The van der Waals surface area contributed by atoms with Gasteiger partial charge in [0.2, 0.25) is 0 Å². The maximum absolute atomic E-state index is 5.59. The van der Waals surface area contributed by atoms with Crippen LogP contribution in [0.5, 0.6) is 5.75 Å². The van der Waals surface area contributed by atoms with Gasteiger partial charge in [-0.25, -0.2) is 4.99 Å². The molecule has 0 spiro atoms. The van der Waals surface area contributed by atoms with Crippen LogP contribution in [0.1, 0.15) is 6.92 Å². The molecule has 5 heteroatoms. The number of ether oxygens (including phenoxy) is 1. The van der Waals surface area contributed by atoms with Crippen LogP contribution in [0.2, 0.25) is 0 Å². The highest BCUT2D eigenvalue weighted by Gasteiger charge is 1.95. The van der Waals surface area contributed by atoms with E-state index in [2.05, 4.69) is 38.1 Å². The minimum atomic E-state index is 0.548. The first-order valence-electron chi connectivity index (χ1n) is 6.27. The second-order valence-corrected chi connectivity index (χ2v) is 4.65. The van der Waals surface area contributed by atoms with Crippen molar-refractivity contribution in [3.8, 4) is 5.75 Å². The average molecular weight is 326 g/mol. The highest BCUT2D eigenvalue weighted by Crippen LogP contribution is 2.15. The maximum atomic E-state index is 5.59. The fourth-order valence-corrected chi connectivity index (χ4v) is 1.63. The SMILES string of the molecule is C=CCNC(=NCCOc1ccc(Br)cc1)NCC. The first-order valence-corrected chi connectivity index (χ1v) is 7.07. The molecule has 0 amide bonds. The van der Waals surface area contributed by atoms with Gasteiger partial charge in [-0.2, -0.15) is 0 Å². The van der Waals surface area contributed by atoms with Crippen LogP contribution in [0.25, 0.3) is 0 Å². The molecule has 0 unspecified atom stereocenters. The van der Waals surface area contributed by atoms with E-state index in [4.69, 9.17) is 4.74 Å². The van der Waals surface area contributed by atoms with Gasteiger partial charge in [-0.1, -0.05) is 22.0 Å². The van der Waals surface area contributed by atoms with Crippen molar-refractivity contribution in [2.75, 3.05) is 26.2 Å². The van der Waals surface area contributed by atoms with Crippen molar-refractivity contribution < 1.29 is 4.74 Å². The van der Waals surface area contributed by atoms with Crippen LogP contribution in [0.15, 0.2) is 46.4 Å². The Labute approximate surface area is 123 Å². The molecule has 1 aromatic carbocycles. The number of aliphatic imine (C=N–C) groups is 1. The summed E-state index contributed by atoms with van der Waals surface area (Å²) in [6.07, 6.45) is 1.80. The van der Waals surface area contributed by atoms with Crippen LogP contribution in [-0.2, 0) is 0 Å². The first-order chi connectivity index (χ1) is 9.26. The van der Waals surface area contributed by atoms with E-state index in [9.17, 15) is 0 Å². The van der Waals surface area contributed by atoms with Gasteiger partial charge >= 0.3 is 0 Å². The van der Waals surface area contributed by atoms with Crippen molar-refractivity contribution in [2.45, 2.75) is 6.92 Å². The lowest BCUT2D eigenvalue weighted by atomic mass is 10.3. The Bertz CT molecular complexity index is 404. The summed E-state index contributed by atoms with van der Waals surface area (Å²) in [7, 11) is 0. The van der Waals surface area contributed by atoms with Crippen molar-refractivity contribution in [1.82, 2.24) is 10.6 Å². The lowest BCUT2D eigenvalue weighted by Crippen LogP contribution is -2.37. The van der Waals surface area contributed by atoms with Crippen molar-refractivity contribution in [3.05, 3.63) is 41.4 Å². The van der Waals surface area contributed by atoms with E-state index in [0.717, 1.165) is 22.7 Å². The summed E-state index contributed by atoms with van der Waals surface area (Å²) in [6, 6.07) is 7.76. The van der Waals surface area contributed by atoms with E-state index in [0.29, 0.717) is 19.7 Å². The summed E-state index contributed by atoms with van der Waals surface area (Å²) in [6.45, 7) is 8.36. The molecule has 0 aliphatic heterocycles. The van der Waals surface area contributed by atoms with Crippen LogP contribution in [-0.4, -0.2) is 32.2 Å². The lowest BCUT2D eigenvalue weighted by molar-refractivity contribution is 0.328. The van der Waals surface area contributed by atoms with Gasteiger partial charge in [-0.15, -0.1) is 6.58 Å². The Morgan fingerprint density at radius 1 is 1.37 bits per heavy atom. The van der Waals surface area contributed by atoms with E-state index >= 15 is 0 Å². The van der Waals surface area contributed by atoms with Gasteiger partial charge < -0.3 is 15.4 Å². The van der Waals surface area contributed by atoms with Crippen molar-refractivity contribution in [1.29, 1.82) is 0 Å². The van der Waals surface area contributed by atoms with Crippen LogP contribution in [0.3, 0.4) is 0 Å². The van der Waals surface area contributed by atoms with E-state index in [1.54, 1.807) is 6.08 Å². The molecule has 0 heterocycles. The molecule has 0 saturated heterocycles. The van der Waals surface area contributed by atoms with Gasteiger partial charge in [0.05, 0.1) is 6.54 Å². The summed E-state index contributed by atoms with van der Waals surface area (Å²) in [5.74, 6) is 1.63. The highest BCUT2D eigenvalue weighted by atomic mass is 79.9. The van der Waals surface area contributed by atoms with Gasteiger partial charge in [-0.05, 0) is 31.2 Å². The normalized spacial score (nSPS) is 10.9. The molecule has 4 nitrogen and oxygen atoms in total. The number of rotatable bonds is 7. The van der Waals surface area contributed by atoms with E-state index < -0.39 is 0 Å². The van der Waals surface area contributed by atoms with E-state index in [1.807, 2.05) is 31.2 Å². The van der Waals surface area contributed by atoms with Gasteiger partial charge in [0.15, 0.2) is 5.96 Å². The predicted molar refractivity (Wildman–Crippen MR) is 83.8 cm³/mol. The first kappa shape index (κ1) is 15.6. The Kier molecular flexibility index (Phi) is 7.74. The van der Waals surface area contributed by atoms with Crippen molar-refractivity contribution >= 4 is 21.9 Å². The standard InChI is InChI=1S/C14H20BrN3O/c1-3-9-17-14(16-4-2)18-10-11-19-13-7-5-12(15)6-8-13/h3,5-8H,1,4,9-11H2,2H3,(H2,16,17,18). The molecule has 2 N–H and O–H groups in total. The molecule has 0 aliphatic carbocycles. The van der Waals surface area contributed by atoms with Crippen LogP contribution >= 0.6 is 15.9 Å². The van der Waals surface area contributed by atoms with E-state index in [1.165, 1.54) is 0 Å². The maximum Gasteiger partial charge on any atom is 0.191 e. The molecule has 0 fully saturated rings. The molecule has 0 atom stereocenters. The number of benzene rings is 1. The summed E-state index contributed by atoms with van der Waals surface area (Å²) in [4.78, 5) is 4.40. The number of hydrogen-bond donors (Lipinski definition) is 2. The summed E-state index contributed by atoms with van der Waals surface area (Å²) in [5.41, 5.74) is 0. The predicted octanol–water partition coefficient (Wildman–Crippen LogP) is 2.57. The second kappa shape index (κ2) is 9.44. The smallest absolute Gasteiger partial charge is 0.191 e. The minimum absolute atomic E-state index is 0.548. The molecular formula is C14H20BrN3O. The average Bonchev–Trinajstić information content (AvgIpc) is 2.42. The van der Waals surface area contributed by atoms with Gasteiger partial charge in [0.1, 0.15) is 12.4 Å². The van der Waals surface area contributed by atoms with Gasteiger partial charge in [-0.3, -0.25) is 0 Å². The molecule has 104 valence electrons. The third-order valence-electron chi connectivity index (χ3n) is 2.20. The fraction of sp³-hybridized carbons (Fsp3) is 0.357. The summed E-state index contributed by atoms with van der Waals surface area (Å²) >= 11 is 3.39. The number of nitrogens with one attached hydrogen (secondary N) is 2. The molecular weight excluding hydrogens is 306 g/mol. The largest absolute Gasteiger partial charge is 0.492 e. The van der Waals surface area contributed by atoms with Gasteiger partial charge in [0, 0.05) is 17.6 Å². The fourth-order valence-electron chi connectivity index (χ4n) is 1.36.